The lowest BCUT2D eigenvalue weighted by Crippen LogP contribution is -1.70. The van der Waals surface area contributed by atoms with Crippen molar-refractivity contribution in [2.45, 2.75) is 53.4 Å². The number of unbranched alkanes of at least 4 members (excludes halogenated alkanes) is 4. The topological polar surface area (TPSA) is 0 Å². The lowest BCUT2D eigenvalue weighted by molar-refractivity contribution is 0.656. The molecule has 0 heterocycles. The average molecular weight is 189 g/mol. The molecule has 0 aromatic carbocycles. The van der Waals surface area contributed by atoms with E-state index in [-0.39, 0.29) is 32.2 Å². The molecule has 0 saturated carbocycles. The minimum absolute atomic E-state index is 0. The molecule has 10 heavy (non-hydrogen) atoms. The smallest absolute Gasteiger partial charge is 0.0533 e. The molecule has 0 nitrogen and oxygen atoms in total. The molecule has 2 heteroatoms. The predicted octanol–water partition coefficient (Wildman–Crippen LogP) is 4.46. The molecular weight excluding hydrogens is 167 g/mol. The zero-order valence-corrected chi connectivity index (χ0v) is 7.99. The van der Waals surface area contributed by atoms with E-state index in [2.05, 4.69) is 13.8 Å². The Morgan fingerprint density at radius 3 is 1.20 bits per heavy atom. The Morgan fingerprint density at radius 1 is 0.700 bits per heavy atom. The normalized spacial score (nSPS) is 6.60. The third-order valence-electron chi connectivity index (χ3n) is 1.21. The Labute approximate surface area is 78.6 Å². The van der Waals surface area contributed by atoms with Crippen LogP contribution in [0.1, 0.15) is 53.4 Å². The molecule has 0 aliphatic rings. The van der Waals surface area contributed by atoms with Gasteiger partial charge in [0.15, 0.2) is 0 Å². The molecule has 0 radical (unpaired) electrons. The monoisotopic (exact) mass is 188 g/mol. The van der Waals surface area contributed by atoms with Crippen molar-refractivity contribution >= 4 is 24.8 Å². The number of rotatable bonds is 4. The molecule has 0 N–H and O–H groups in total. The van der Waals surface area contributed by atoms with Gasteiger partial charge in [0, 0.05) is 0 Å². The molecule has 0 atom stereocenters. The lowest BCUT2D eigenvalue weighted by atomic mass is 10.2. The van der Waals surface area contributed by atoms with Gasteiger partial charge in [-0.15, -0.1) is 24.8 Å². The van der Waals surface area contributed by atoms with Crippen LogP contribution in [0.5, 0.6) is 0 Å². The molecule has 0 amide bonds. The fraction of sp³-hybridized carbons (Fsp3) is 1.00. The first-order valence-corrected chi connectivity index (χ1v) is 3.41. The van der Waals surface area contributed by atoms with Crippen LogP contribution < -0.4 is 0 Å². The van der Waals surface area contributed by atoms with Gasteiger partial charge < -0.3 is 0 Å². The third-order valence-corrected chi connectivity index (χ3v) is 1.21. The van der Waals surface area contributed by atoms with Crippen LogP contribution in [0.15, 0.2) is 0 Å². The highest BCUT2D eigenvalue weighted by molar-refractivity contribution is 5.85. The molecular formula is C8H22Cl2. The van der Waals surface area contributed by atoms with Crippen LogP contribution in [-0.2, 0) is 0 Å². The zero-order valence-electron chi connectivity index (χ0n) is 6.35. The summed E-state index contributed by atoms with van der Waals surface area (Å²) >= 11 is 0. The quantitative estimate of drug-likeness (QED) is 0.573. The molecule has 68 valence electrons. The molecule has 0 aromatic heterocycles. The summed E-state index contributed by atoms with van der Waals surface area (Å²) in [6.45, 7) is 4.49. The van der Waals surface area contributed by atoms with Gasteiger partial charge >= 0.3 is 0 Å². The average Bonchev–Trinajstić information content (AvgIpc) is 1.69. The summed E-state index contributed by atoms with van der Waals surface area (Å²) in [5.74, 6) is 0. The highest BCUT2D eigenvalue weighted by atomic mass is 35.5. The summed E-state index contributed by atoms with van der Waals surface area (Å²) in [6, 6.07) is 0. The molecule has 0 spiro atoms. The van der Waals surface area contributed by atoms with Gasteiger partial charge in [-0.1, -0.05) is 53.4 Å². The van der Waals surface area contributed by atoms with Gasteiger partial charge in [-0.25, -0.2) is 0 Å². The van der Waals surface area contributed by atoms with Gasteiger partial charge in [-0.2, -0.15) is 0 Å². The van der Waals surface area contributed by atoms with E-state index in [1.807, 2.05) is 0 Å². The van der Waals surface area contributed by atoms with E-state index >= 15 is 0 Å². The van der Waals surface area contributed by atoms with Gasteiger partial charge in [0.05, 0.1) is 0 Å². The second kappa shape index (κ2) is 22.7. The second-order valence-corrected chi connectivity index (χ2v) is 2.06. The Kier molecular flexibility index (Phi) is 50.8. The fourth-order valence-corrected chi connectivity index (χ4v) is 0.677. The van der Waals surface area contributed by atoms with Crippen molar-refractivity contribution in [2.75, 3.05) is 0 Å². The van der Waals surface area contributed by atoms with E-state index in [4.69, 9.17) is 0 Å². The van der Waals surface area contributed by atoms with Gasteiger partial charge in [-0.05, 0) is 0 Å². The first-order valence-electron chi connectivity index (χ1n) is 3.41. The van der Waals surface area contributed by atoms with Crippen LogP contribution in [0.2, 0.25) is 0 Å². The van der Waals surface area contributed by atoms with Crippen molar-refractivity contribution in [1.29, 1.82) is 0 Å². The summed E-state index contributed by atoms with van der Waals surface area (Å²) in [5.41, 5.74) is 0. The largest absolute Gasteiger partial charge is 0.147 e. The molecule has 0 aliphatic heterocycles. The Morgan fingerprint density at radius 2 is 1.00 bits per heavy atom. The van der Waals surface area contributed by atoms with Crippen LogP contribution in [0, 0.1) is 0 Å². The van der Waals surface area contributed by atoms with Crippen LogP contribution in [-0.4, -0.2) is 0 Å². The standard InChI is InChI=1S/C7H16.CH4.2ClH/c1-3-5-7-6-4-2;;;/h3-7H2,1-2H3;1H4;2*1H. The zero-order chi connectivity index (χ0) is 5.54. The van der Waals surface area contributed by atoms with Crippen LogP contribution >= 0.6 is 24.8 Å². The summed E-state index contributed by atoms with van der Waals surface area (Å²) in [6.07, 6.45) is 7.01. The summed E-state index contributed by atoms with van der Waals surface area (Å²) in [4.78, 5) is 0. The molecule has 0 bridgehead atoms. The van der Waals surface area contributed by atoms with E-state index in [9.17, 15) is 0 Å². The lowest BCUT2D eigenvalue weighted by Gasteiger charge is -1.90. The minimum Gasteiger partial charge on any atom is -0.147 e. The molecule has 0 aromatic rings. The van der Waals surface area contributed by atoms with E-state index in [1.54, 1.807) is 0 Å². The minimum atomic E-state index is 0. The van der Waals surface area contributed by atoms with Gasteiger partial charge in [0.25, 0.3) is 0 Å². The number of hydrogen-bond donors (Lipinski definition) is 0. The maximum atomic E-state index is 2.25. The van der Waals surface area contributed by atoms with Crippen molar-refractivity contribution in [2.24, 2.45) is 0 Å². The SMILES string of the molecule is C.CCCCCCC.Cl.Cl. The van der Waals surface area contributed by atoms with Crippen LogP contribution in [0.25, 0.3) is 0 Å². The Hall–Kier alpha value is 0.580. The van der Waals surface area contributed by atoms with Gasteiger partial charge in [-0.3, -0.25) is 0 Å². The molecule has 0 aliphatic carbocycles. The van der Waals surface area contributed by atoms with Crippen LogP contribution in [0.4, 0.5) is 0 Å². The van der Waals surface area contributed by atoms with Crippen molar-refractivity contribution in [1.82, 2.24) is 0 Å². The summed E-state index contributed by atoms with van der Waals surface area (Å²) in [7, 11) is 0. The molecule has 0 saturated heterocycles. The van der Waals surface area contributed by atoms with Crippen molar-refractivity contribution in [3.8, 4) is 0 Å². The first-order chi connectivity index (χ1) is 3.41. The van der Waals surface area contributed by atoms with Crippen LogP contribution in [0.3, 0.4) is 0 Å². The Bertz CT molecular complexity index is 26.4. The molecule has 0 fully saturated rings. The Balaban J connectivity index is -0.0000000600. The van der Waals surface area contributed by atoms with Crippen molar-refractivity contribution in [3.63, 3.8) is 0 Å². The van der Waals surface area contributed by atoms with E-state index in [0.29, 0.717) is 0 Å². The van der Waals surface area contributed by atoms with Gasteiger partial charge in [0.2, 0.25) is 0 Å². The van der Waals surface area contributed by atoms with Crippen molar-refractivity contribution < 1.29 is 0 Å². The predicted molar refractivity (Wildman–Crippen MR) is 55.7 cm³/mol. The highest BCUT2D eigenvalue weighted by Gasteiger charge is 1.80. The van der Waals surface area contributed by atoms with Gasteiger partial charge in [0.1, 0.15) is 0 Å². The third kappa shape index (κ3) is 23.5. The number of halogens is 2. The highest BCUT2D eigenvalue weighted by Crippen LogP contribution is 2.00. The first kappa shape index (κ1) is 22.4. The maximum Gasteiger partial charge on any atom is -0.0533 e. The summed E-state index contributed by atoms with van der Waals surface area (Å²) in [5, 5.41) is 0. The fourth-order valence-electron chi connectivity index (χ4n) is 0.677. The van der Waals surface area contributed by atoms with E-state index in [1.165, 1.54) is 32.1 Å². The molecule has 0 rings (SSSR count). The maximum absolute atomic E-state index is 2.25. The van der Waals surface area contributed by atoms with Crippen molar-refractivity contribution in [3.05, 3.63) is 0 Å². The molecule has 0 unspecified atom stereocenters. The number of hydrogen-bond acceptors (Lipinski definition) is 0. The summed E-state index contributed by atoms with van der Waals surface area (Å²) < 4.78 is 0. The van der Waals surface area contributed by atoms with E-state index < -0.39 is 0 Å². The second-order valence-electron chi connectivity index (χ2n) is 2.06. The van der Waals surface area contributed by atoms with E-state index in [0.717, 1.165) is 0 Å².